The van der Waals surface area contributed by atoms with Gasteiger partial charge in [-0.25, -0.2) is 13.4 Å². The fourth-order valence-electron chi connectivity index (χ4n) is 2.52. The molecule has 3 rings (SSSR count). The number of nitrogens with zero attached hydrogens (tertiary/aromatic N) is 1. The molecule has 5 nitrogen and oxygen atoms in total. The molecule has 144 valence electrons. The minimum Gasteiger partial charge on any atom is -0.475 e. The van der Waals surface area contributed by atoms with Crippen molar-refractivity contribution in [2.75, 3.05) is 11.3 Å². The first-order valence-electron chi connectivity index (χ1n) is 8.00. The van der Waals surface area contributed by atoms with Gasteiger partial charge in [0, 0.05) is 0 Å². The summed E-state index contributed by atoms with van der Waals surface area (Å²) >= 11 is 0. The fourth-order valence-corrected chi connectivity index (χ4v) is 3.65. The number of rotatable bonds is 4. The van der Waals surface area contributed by atoms with Gasteiger partial charge in [-0.05, 0) is 44.2 Å². The molecule has 0 fully saturated rings. The van der Waals surface area contributed by atoms with E-state index in [9.17, 15) is 21.6 Å². The molecule has 2 aromatic carbocycles. The Kier molecular flexibility index (Phi) is 4.67. The van der Waals surface area contributed by atoms with E-state index in [2.05, 4.69) is 9.71 Å². The number of ether oxygens (including phenoxy) is 1. The topological polar surface area (TPSA) is 67.8 Å². The number of halogens is 3. The van der Waals surface area contributed by atoms with Crippen molar-refractivity contribution >= 4 is 21.6 Å². The molecule has 0 saturated heterocycles. The van der Waals surface area contributed by atoms with Gasteiger partial charge in [0.15, 0.2) is 0 Å². The molecule has 9 heteroatoms. The smallest absolute Gasteiger partial charge is 0.416 e. The molecule has 1 aliphatic rings. The lowest BCUT2D eigenvalue weighted by Crippen LogP contribution is -2.17. The third-order valence-electron chi connectivity index (χ3n) is 3.84. The SMILES string of the molecule is CC1(C)COC(c2ccccc2NS(=O)(=O)c2cccc(C(F)(F)F)c2)=N1. The average molecular weight is 398 g/mol. The second-order valence-electron chi connectivity index (χ2n) is 6.69. The van der Waals surface area contributed by atoms with Crippen LogP contribution >= 0.6 is 0 Å². The van der Waals surface area contributed by atoms with Crippen LogP contribution in [-0.4, -0.2) is 26.5 Å². The molecule has 2 aromatic rings. The van der Waals surface area contributed by atoms with Crippen LogP contribution in [0.4, 0.5) is 18.9 Å². The van der Waals surface area contributed by atoms with Gasteiger partial charge >= 0.3 is 6.18 Å². The number of para-hydroxylation sites is 1. The van der Waals surface area contributed by atoms with Gasteiger partial charge in [-0.3, -0.25) is 4.72 Å². The van der Waals surface area contributed by atoms with Crippen LogP contribution in [0.1, 0.15) is 25.0 Å². The monoisotopic (exact) mass is 398 g/mol. The lowest BCUT2D eigenvalue weighted by atomic mass is 10.1. The molecule has 1 heterocycles. The molecule has 27 heavy (non-hydrogen) atoms. The van der Waals surface area contributed by atoms with Crippen molar-refractivity contribution in [1.82, 2.24) is 0 Å². The molecule has 1 N–H and O–H groups in total. The van der Waals surface area contributed by atoms with Gasteiger partial charge in [0.1, 0.15) is 6.61 Å². The van der Waals surface area contributed by atoms with Crippen molar-refractivity contribution in [3.63, 3.8) is 0 Å². The van der Waals surface area contributed by atoms with Crippen molar-refractivity contribution in [2.45, 2.75) is 30.5 Å². The normalized spacial score (nSPS) is 16.6. The van der Waals surface area contributed by atoms with Crippen LogP contribution in [0.25, 0.3) is 0 Å². The average Bonchev–Trinajstić information content (AvgIpc) is 2.94. The van der Waals surface area contributed by atoms with Crippen LogP contribution in [0, 0.1) is 0 Å². The minimum atomic E-state index is -4.64. The summed E-state index contributed by atoms with van der Waals surface area (Å²) < 4.78 is 71.7. The van der Waals surface area contributed by atoms with Crippen LogP contribution in [0.3, 0.4) is 0 Å². The van der Waals surface area contributed by atoms with Gasteiger partial charge in [-0.2, -0.15) is 13.2 Å². The van der Waals surface area contributed by atoms with E-state index in [-0.39, 0.29) is 11.6 Å². The van der Waals surface area contributed by atoms with Gasteiger partial charge in [-0.1, -0.05) is 18.2 Å². The molecule has 0 spiro atoms. The third-order valence-corrected chi connectivity index (χ3v) is 5.20. The zero-order valence-electron chi connectivity index (χ0n) is 14.5. The summed E-state index contributed by atoms with van der Waals surface area (Å²) in [5.41, 5.74) is -0.892. The Morgan fingerprint density at radius 3 is 2.44 bits per heavy atom. The van der Waals surface area contributed by atoms with Crippen molar-refractivity contribution in [3.05, 3.63) is 59.7 Å². The maximum absolute atomic E-state index is 12.9. The first kappa shape index (κ1) is 19.2. The van der Waals surface area contributed by atoms with E-state index in [1.807, 2.05) is 13.8 Å². The van der Waals surface area contributed by atoms with Crippen LogP contribution in [0.5, 0.6) is 0 Å². The number of nitrogens with one attached hydrogen (secondary N) is 1. The standard InChI is InChI=1S/C18H17F3N2O3S/c1-17(2)11-26-16(22-17)14-8-3-4-9-15(14)23-27(24,25)13-7-5-6-12(10-13)18(19,20)21/h3-10,23H,11H2,1-2H3. The lowest BCUT2D eigenvalue weighted by Gasteiger charge is -2.13. The Bertz CT molecular complexity index is 999. The highest BCUT2D eigenvalue weighted by Crippen LogP contribution is 2.31. The van der Waals surface area contributed by atoms with Gasteiger partial charge in [0.05, 0.1) is 27.2 Å². The summed E-state index contributed by atoms with van der Waals surface area (Å²) in [5, 5.41) is 0. The Labute approximate surface area is 154 Å². The second kappa shape index (κ2) is 6.56. The highest BCUT2D eigenvalue weighted by Gasteiger charge is 2.32. The number of sulfonamides is 1. The van der Waals surface area contributed by atoms with Crippen LogP contribution < -0.4 is 4.72 Å². The Morgan fingerprint density at radius 1 is 1.11 bits per heavy atom. The van der Waals surface area contributed by atoms with E-state index in [0.717, 1.165) is 18.2 Å². The number of alkyl halides is 3. The first-order chi connectivity index (χ1) is 12.5. The summed E-state index contributed by atoms with van der Waals surface area (Å²) in [7, 11) is -4.24. The molecule has 0 amide bonds. The minimum absolute atomic E-state index is 0.173. The molecular weight excluding hydrogens is 381 g/mol. The largest absolute Gasteiger partial charge is 0.475 e. The van der Waals surface area contributed by atoms with E-state index >= 15 is 0 Å². The summed E-state index contributed by atoms with van der Waals surface area (Å²) in [6, 6.07) is 9.99. The predicted octanol–water partition coefficient (Wildman–Crippen LogP) is 4.06. The first-order valence-corrected chi connectivity index (χ1v) is 9.48. The van der Waals surface area contributed by atoms with E-state index in [0.29, 0.717) is 18.2 Å². The zero-order chi connectivity index (χ0) is 19.9. The van der Waals surface area contributed by atoms with E-state index in [1.165, 1.54) is 6.07 Å². The molecule has 0 aliphatic carbocycles. The highest BCUT2D eigenvalue weighted by atomic mass is 32.2. The van der Waals surface area contributed by atoms with Gasteiger partial charge in [0.25, 0.3) is 10.0 Å². The van der Waals surface area contributed by atoms with Crippen LogP contribution in [0.2, 0.25) is 0 Å². The predicted molar refractivity (Wildman–Crippen MR) is 95.3 cm³/mol. The maximum Gasteiger partial charge on any atom is 0.416 e. The van der Waals surface area contributed by atoms with Crippen molar-refractivity contribution in [1.29, 1.82) is 0 Å². The fraction of sp³-hybridized carbons (Fsp3) is 0.278. The lowest BCUT2D eigenvalue weighted by molar-refractivity contribution is -0.137. The second-order valence-corrected chi connectivity index (χ2v) is 8.38. The number of aliphatic imine (C=N–C) groups is 1. The van der Waals surface area contributed by atoms with E-state index < -0.39 is 32.2 Å². The summed E-state index contributed by atoms with van der Waals surface area (Å²) in [6.45, 7) is 4.09. The van der Waals surface area contributed by atoms with Crippen LogP contribution in [0.15, 0.2) is 58.4 Å². The number of benzene rings is 2. The Hall–Kier alpha value is -2.55. The van der Waals surface area contributed by atoms with E-state index in [4.69, 9.17) is 4.74 Å². The molecule has 0 saturated carbocycles. The van der Waals surface area contributed by atoms with Crippen molar-refractivity contribution < 1.29 is 26.3 Å². The van der Waals surface area contributed by atoms with E-state index in [1.54, 1.807) is 18.2 Å². The van der Waals surface area contributed by atoms with Gasteiger partial charge in [0.2, 0.25) is 5.90 Å². The quantitative estimate of drug-likeness (QED) is 0.845. The molecule has 0 atom stereocenters. The number of anilines is 1. The van der Waals surface area contributed by atoms with Crippen molar-refractivity contribution in [3.8, 4) is 0 Å². The van der Waals surface area contributed by atoms with Crippen molar-refractivity contribution in [2.24, 2.45) is 4.99 Å². The third kappa shape index (κ3) is 4.24. The molecule has 0 bridgehead atoms. The molecular formula is C18H17F3N2O3S. The zero-order valence-corrected chi connectivity index (χ0v) is 15.4. The highest BCUT2D eigenvalue weighted by molar-refractivity contribution is 7.92. The van der Waals surface area contributed by atoms with Crippen LogP contribution in [-0.2, 0) is 20.9 Å². The summed E-state index contributed by atoms with van der Waals surface area (Å²) in [6.07, 6.45) is -4.64. The number of hydrogen-bond acceptors (Lipinski definition) is 4. The maximum atomic E-state index is 12.9. The van der Waals surface area contributed by atoms with Gasteiger partial charge < -0.3 is 4.74 Å². The Morgan fingerprint density at radius 2 is 1.81 bits per heavy atom. The molecule has 1 aliphatic heterocycles. The molecule has 0 aromatic heterocycles. The summed E-state index contributed by atoms with van der Waals surface area (Å²) in [4.78, 5) is 3.93. The Balaban J connectivity index is 1.97. The van der Waals surface area contributed by atoms with Gasteiger partial charge in [-0.15, -0.1) is 0 Å². The number of hydrogen-bond donors (Lipinski definition) is 1. The summed E-state index contributed by atoms with van der Waals surface area (Å²) in [5.74, 6) is 0.280. The molecule has 0 radical (unpaired) electrons. The molecule has 0 unspecified atom stereocenters.